The Labute approximate surface area is 309 Å². The molecule has 5 heteroatoms. The molecule has 0 saturated heterocycles. The van der Waals surface area contributed by atoms with Crippen LogP contribution in [0.4, 0.5) is 0 Å². The van der Waals surface area contributed by atoms with Crippen LogP contribution in [0, 0.1) is 40.0 Å². The van der Waals surface area contributed by atoms with E-state index in [1.54, 1.807) is 0 Å². The predicted molar refractivity (Wildman–Crippen MR) is 210 cm³/mol. The molecule has 0 radical (unpaired) electrons. The largest absolute Gasteiger partial charge is 2.00 e. The van der Waals surface area contributed by atoms with Crippen molar-refractivity contribution >= 4 is 43.0 Å². The van der Waals surface area contributed by atoms with E-state index in [-0.39, 0.29) is 20.4 Å². The Bertz CT molecular complexity index is 1650. The van der Waals surface area contributed by atoms with E-state index >= 15 is 0 Å². The van der Waals surface area contributed by atoms with Crippen molar-refractivity contribution in [2.45, 2.75) is 34.6 Å². The molecule has 0 aromatic heterocycles. The van der Waals surface area contributed by atoms with Crippen molar-refractivity contribution in [3.8, 4) is 0 Å². The number of rotatable bonds is 8. The van der Waals surface area contributed by atoms with Gasteiger partial charge in [-0.2, -0.15) is 47.7 Å². The van der Waals surface area contributed by atoms with E-state index in [1.807, 2.05) is 0 Å². The third-order valence-corrected chi connectivity index (χ3v) is 12.9. The van der Waals surface area contributed by atoms with Gasteiger partial charge >= 0.3 is 20.4 Å². The molecule has 0 fully saturated rings. The average molecular weight is 773 g/mol. The van der Waals surface area contributed by atoms with Gasteiger partial charge in [0.15, 0.2) is 0 Å². The summed E-state index contributed by atoms with van der Waals surface area (Å²) in [5, 5.41) is 13.2. The first-order valence-electron chi connectivity index (χ1n) is 16.0. The average Bonchev–Trinajstić information content (AvgIpc) is 3.09. The number of benzene rings is 6. The van der Waals surface area contributed by atoms with Gasteiger partial charge in [0, 0.05) is 6.92 Å². The molecule has 6 aromatic carbocycles. The van der Waals surface area contributed by atoms with E-state index in [1.165, 1.54) is 54.6 Å². The van der Waals surface area contributed by atoms with Crippen molar-refractivity contribution in [3.63, 3.8) is 0 Å². The molecule has 2 nitrogen and oxygen atoms in total. The molecule has 6 aromatic rings. The molecule has 0 aliphatic carbocycles. The van der Waals surface area contributed by atoms with E-state index in [0.717, 1.165) is 6.92 Å². The van der Waals surface area contributed by atoms with Gasteiger partial charge in [-0.15, -0.1) is 24.3 Å². The van der Waals surface area contributed by atoms with E-state index < -0.39 is 21.8 Å². The van der Waals surface area contributed by atoms with E-state index in [0.29, 0.717) is 0 Å². The smallest absolute Gasteiger partial charge is 0.481 e. The first-order chi connectivity index (χ1) is 23.2. The van der Waals surface area contributed by atoms with Crippen LogP contribution >= 0.6 is 15.8 Å². The minimum absolute atomic E-state index is 0. The summed E-state index contributed by atoms with van der Waals surface area (Å²) in [6.45, 7) is 9.92. The standard InChI is InChI=1S/2C21H20P.C2H4O2.Pd/c2*1-17-10-6-8-14-20(17)22(16-19-12-4-3-5-13-19)21-15-9-7-11-18(21)2;1-2(3)4;/h2*3-16H,1-2H3;1H3,(H,3,4);/q2*-1;;+2. The molecule has 0 atom stereocenters. The van der Waals surface area contributed by atoms with E-state index in [9.17, 15) is 0 Å². The maximum Gasteiger partial charge on any atom is 2.00 e. The normalized spacial score (nSPS) is 10.1. The summed E-state index contributed by atoms with van der Waals surface area (Å²) >= 11 is 0. The van der Waals surface area contributed by atoms with Crippen LogP contribution in [-0.2, 0) is 25.2 Å². The van der Waals surface area contributed by atoms with Gasteiger partial charge in [0.25, 0.3) is 5.97 Å². The number of hydrogen-bond acceptors (Lipinski definition) is 1. The zero-order chi connectivity index (χ0) is 34.3. The minimum atomic E-state index is -0.833. The maximum atomic E-state index is 9.00. The minimum Gasteiger partial charge on any atom is -0.481 e. The summed E-state index contributed by atoms with van der Waals surface area (Å²) in [5.41, 5.74) is 8.04. The van der Waals surface area contributed by atoms with Crippen LogP contribution in [0.15, 0.2) is 158 Å². The molecular formula is C44H44O2P2Pd. The Balaban J connectivity index is 0.000000235. The number of carboxylic acids is 1. The van der Waals surface area contributed by atoms with Crippen molar-refractivity contribution in [1.29, 1.82) is 0 Å². The molecule has 0 amide bonds. The van der Waals surface area contributed by atoms with Crippen LogP contribution in [-0.4, -0.2) is 11.1 Å². The van der Waals surface area contributed by atoms with Crippen LogP contribution in [0.5, 0.6) is 0 Å². The Kier molecular flexibility index (Phi) is 16.6. The topological polar surface area (TPSA) is 37.3 Å². The molecule has 0 bridgehead atoms. The molecule has 0 aliphatic rings. The summed E-state index contributed by atoms with van der Waals surface area (Å²) in [7, 11) is -0.988. The number of aliphatic carboxylic acids is 1. The summed E-state index contributed by atoms with van der Waals surface area (Å²) in [4.78, 5) is 9.00. The molecule has 0 aliphatic heterocycles. The fourth-order valence-electron chi connectivity index (χ4n) is 5.25. The van der Waals surface area contributed by atoms with Gasteiger partial charge in [0.05, 0.1) is 0 Å². The monoisotopic (exact) mass is 772 g/mol. The fourth-order valence-corrected chi connectivity index (χ4v) is 10.1. The van der Waals surface area contributed by atoms with E-state index in [4.69, 9.17) is 9.90 Å². The first kappa shape index (κ1) is 39.5. The van der Waals surface area contributed by atoms with Crippen LogP contribution < -0.4 is 21.2 Å². The number of carboxylic acid groups (broad SMARTS) is 1. The Morgan fingerprint density at radius 3 is 0.857 bits per heavy atom. The third kappa shape index (κ3) is 12.2. The van der Waals surface area contributed by atoms with Crippen molar-refractivity contribution in [2.24, 2.45) is 0 Å². The van der Waals surface area contributed by atoms with Crippen molar-refractivity contribution in [3.05, 3.63) is 203 Å². The van der Waals surface area contributed by atoms with Gasteiger partial charge < -0.3 is 5.11 Å². The van der Waals surface area contributed by atoms with Gasteiger partial charge in [0.2, 0.25) is 0 Å². The fraction of sp³-hybridized carbons (Fsp3) is 0.114. The second-order valence-corrected chi connectivity index (χ2v) is 15.4. The molecule has 0 spiro atoms. The summed E-state index contributed by atoms with van der Waals surface area (Å²) in [6.07, 6.45) is 4.86. The van der Waals surface area contributed by atoms with Crippen molar-refractivity contribution < 1.29 is 30.3 Å². The zero-order valence-electron chi connectivity index (χ0n) is 28.7. The molecule has 252 valence electrons. The summed E-state index contributed by atoms with van der Waals surface area (Å²) in [5.74, 6) is -0.833. The Hall–Kier alpha value is -3.95. The van der Waals surface area contributed by atoms with Gasteiger partial charge in [-0.05, 0) is 71.2 Å². The second-order valence-electron chi connectivity index (χ2n) is 11.5. The quantitative estimate of drug-likeness (QED) is 0.0951. The summed E-state index contributed by atoms with van der Waals surface area (Å²) in [6, 6.07) is 56.3. The number of carbonyl (C=O) groups is 1. The van der Waals surface area contributed by atoms with Gasteiger partial charge in [-0.25, -0.2) is 0 Å². The maximum absolute atomic E-state index is 9.00. The number of hydrogen-bond donors (Lipinski definition) is 1. The van der Waals surface area contributed by atoms with Crippen LogP contribution in [0.2, 0.25) is 0 Å². The predicted octanol–water partition coefficient (Wildman–Crippen LogP) is 9.98. The Morgan fingerprint density at radius 1 is 0.429 bits per heavy atom. The zero-order valence-corrected chi connectivity index (χ0v) is 32.1. The molecule has 0 saturated carbocycles. The third-order valence-electron chi connectivity index (χ3n) is 7.66. The van der Waals surface area contributed by atoms with Crippen molar-refractivity contribution in [2.75, 3.05) is 0 Å². The van der Waals surface area contributed by atoms with Crippen LogP contribution in [0.25, 0.3) is 0 Å². The summed E-state index contributed by atoms with van der Waals surface area (Å²) < 4.78 is 0. The Morgan fingerprint density at radius 2 is 0.633 bits per heavy atom. The van der Waals surface area contributed by atoms with Crippen molar-refractivity contribution in [1.82, 2.24) is 0 Å². The first-order valence-corrected chi connectivity index (χ1v) is 18.9. The second kappa shape index (κ2) is 20.5. The van der Waals surface area contributed by atoms with Gasteiger partial charge in [-0.3, -0.25) is 4.79 Å². The SMILES string of the molecule is CC(=O)O.Cc1ccccc1P([CH-]c1ccccc1)c1ccccc1C.Cc1ccccc1P([CH-]c1ccccc1)c1ccccc1C.[Pd+2]. The molecule has 0 unspecified atom stereocenters. The number of aryl methyl sites for hydroxylation is 4. The molecule has 49 heavy (non-hydrogen) atoms. The molecule has 0 heterocycles. The molecule has 6 rings (SSSR count). The molecular weight excluding hydrogens is 729 g/mol. The van der Waals surface area contributed by atoms with E-state index in [2.05, 4.69) is 198 Å². The van der Waals surface area contributed by atoms with Gasteiger partial charge in [-0.1, -0.05) is 125 Å². The van der Waals surface area contributed by atoms with Crippen LogP contribution in [0.1, 0.15) is 40.3 Å². The van der Waals surface area contributed by atoms with Gasteiger partial charge in [0.1, 0.15) is 0 Å². The molecule has 1 N–H and O–H groups in total. The van der Waals surface area contributed by atoms with Crippen LogP contribution in [0.3, 0.4) is 0 Å².